The Morgan fingerprint density at radius 1 is 1.54 bits per heavy atom. The molecule has 0 spiro atoms. The van der Waals surface area contributed by atoms with E-state index in [1.165, 1.54) is 11.6 Å². The topological polar surface area (TPSA) is 24.9 Å². The van der Waals surface area contributed by atoms with Crippen LogP contribution in [0.15, 0.2) is 29.8 Å². The van der Waals surface area contributed by atoms with Gasteiger partial charge in [0, 0.05) is 6.54 Å². The van der Waals surface area contributed by atoms with Crippen molar-refractivity contribution in [1.82, 2.24) is 4.98 Å². The molecule has 0 unspecified atom stereocenters. The summed E-state index contributed by atoms with van der Waals surface area (Å²) >= 11 is 0. The Bertz CT molecular complexity index is 304. The molecule has 13 heavy (non-hydrogen) atoms. The third-order valence-corrected chi connectivity index (χ3v) is 1.51. The van der Waals surface area contributed by atoms with Crippen LogP contribution in [-0.4, -0.2) is 11.5 Å². The van der Waals surface area contributed by atoms with Crippen molar-refractivity contribution in [3.05, 3.63) is 35.8 Å². The molecule has 1 rings (SSSR count). The van der Waals surface area contributed by atoms with Crippen molar-refractivity contribution in [2.45, 2.75) is 13.8 Å². The van der Waals surface area contributed by atoms with Crippen LogP contribution in [0.25, 0.3) is 0 Å². The van der Waals surface area contributed by atoms with E-state index in [1.807, 2.05) is 19.9 Å². The molecule has 70 valence electrons. The van der Waals surface area contributed by atoms with E-state index in [9.17, 15) is 4.39 Å². The summed E-state index contributed by atoms with van der Waals surface area (Å²) in [6.07, 6.45) is 2.02. The predicted octanol–water partition coefficient (Wildman–Crippen LogP) is 2.60. The fourth-order valence-electron chi connectivity index (χ4n) is 0.866. The largest absolute Gasteiger partial charge is 0.366 e. The summed E-state index contributed by atoms with van der Waals surface area (Å²) in [7, 11) is 0. The Labute approximate surface area is 77.5 Å². The fourth-order valence-corrected chi connectivity index (χ4v) is 0.866. The minimum absolute atomic E-state index is 0.456. The van der Waals surface area contributed by atoms with E-state index in [-0.39, 0.29) is 0 Å². The first-order valence-electron chi connectivity index (χ1n) is 4.18. The van der Waals surface area contributed by atoms with E-state index < -0.39 is 5.95 Å². The van der Waals surface area contributed by atoms with Crippen molar-refractivity contribution in [3.8, 4) is 0 Å². The third kappa shape index (κ3) is 3.69. The molecule has 3 heteroatoms. The normalized spacial score (nSPS) is 9.46. The van der Waals surface area contributed by atoms with Gasteiger partial charge in [-0.2, -0.15) is 4.39 Å². The van der Waals surface area contributed by atoms with Crippen LogP contribution in [0.2, 0.25) is 0 Å². The first kappa shape index (κ1) is 9.71. The molecule has 0 aliphatic carbocycles. The van der Waals surface area contributed by atoms with Gasteiger partial charge in [0.05, 0.1) is 0 Å². The zero-order valence-electron chi connectivity index (χ0n) is 7.84. The summed E-state index contributed by atoms with van der Waals surface area (Å²) in [5.41, 5.74) is 1.23. The Balaban J connectivity index is 2.50. The van der Waals surface area contributed by atoms with Crippen molar-refractivity contribution in [2.24, 2.45) is 0 Å². The van der Waals surface area contributed by atoms with E-state index in [1.54, 1.807) is 12.1 Å². The molecule has 0 fully saturated rings. The minimum Gasteiger partial charge on any atom is -0.366 e. The van der Waals surface area contributed by atoms with Crippen LogP contribution in [0, 0.1) is 5.95 Å². The first-order chi connectivity index (χ1) is 6.18. The Kier molecular flexibility index (Phi) is 3.43. The smallest absolute Gasteiger partial charge is 0.214 e. The molecule has 0 saturated carbocycles. The SMILES string of the molecule is CC(C)=CCNc1cccc(F)n1. The van der Waals surface area contributed by atoms with E-state index >= 15 is 0 Å². The maximum absolute atomic E-state index is 12.6. The Hall–Kier alpha value is -1.38. The standard InChI is InChI=1S/C10H13FN2/c1-8(2)6-7-12-10-5-3-4-9(11)13-10/h3-6H,7H2,1-2H3,(H,12,13). The van der Waals surface area contributed by atoms with Crippen LogP contribution in [0.4, 0.5) is 10.2 Å². The molecule has 0 amide bonds. The monoisotopic (exact) mass is 180 g/mol. The molecule has 0 aliphatic rings. The molecule has 0 saturated heterocycles. The zero-order valence-corrected chi connectivity index (χ0v) is 7.84. The minimum atomic E-state index is -0.456. The lowest BCUT2D eigenvalue weighted by molar-refractivity contribution is 0.585. The highest BCUT2D eigenvalue weighted by Gasteiger charge is 1.93. The second-order valence-corrected chi connectivity index (χ2v) is 3.01. The van der Waals surface area contributed by atoms with Crippen molar-refractivity contribution in [3.63, 3.8) is 0 Å². The number of aromatic nitrogens is 1. The lowest BCUT2D eigenvalue weighted by atomic mass is 10.3. The van der Waals surface area contributed by atoms with Gasteiger partial charge in [-0.1, -0.05) is 17.7 Å². The molecule has 1 N–H and O–H groups in total. The summed E-state index contributed by atoms with van der Waals surface area (Å²) in [6, 6.07) is 4.70. The lowest BCUT2D eigenvalue weighted by Gasteiger charge is -2.01. The highest BCUT2D eigenvalue weighted by Crippen LogP contribution is 2.02. The molecule has 0 aromatic carbocycles. The Morgan fingerprint density at radius 2 is 2.31 bits per heavy atom. The fraction of sp³-hybridized carbons (Fsp3) is 0.300. The van der Waals surface area contributed by atoms with E-state index in [2.05, 4.69) is 10.3 Å². The van der Waals surface area contributed by atoms with Gasteiger partial charge < -0.3 is 5.32 Å². The molecule has 0 bridgehead atoms. The highest BCUT2D eigenvalue weighted by molar-refractivity contribution is 5.34. The number of hydrogen-bond donors (Lipinski definition) is 1. The van der Waals surface area contributed by atoms with Crippen LogP contribution in [-0.2, 0) is 0 Å². The molecule has 1 heterocycles. The molecule has 0 aliphatic heterocycles. The average molecular weight is 180 g/mol. The number of rotatable bonds is 3. The highest BCUT2D eigenvalue weighted by atomic mass is 19.1. The summed E-state index contributed by atoms with van der Waals surface area (Å²) in [6.45, 7) is 4.71. The molecule has 0 radical (unpaired) electrons. The number of halogens is 1. The van der Waals surface area contributed by atoms with Crippen LogP contribution in [0.3, 0.4) is 0 Å². The molecule has 1 aromatic rings. The first-order valence-corrected chi connectivity index (χ1v) is 4.18. The molecular formula is C10H13FN2. The number of nitrogens with one attached hydrogen (secondary N) is 1. The van der Waals surface area contributed by atoms with Gasteiger partial charge in [0.15, 0.2) is 0 Å². The van der Waals surface area contributed by atoms with Gasteiger partial charge in [-0.15, -0.1) is 0 Å². The second kappa shape index (κ2) is 4.60. The van der Waals surface area contributed by atoms with E-state index in [0.717, 1.165) is 0 Å². The number of hydrogen-bond acceptors (Lipinski definition) is 2. The van der Waals surface area contributed by atoms with Crippen LogP contribution in [0.5, 0.6) is 0 Å². The van der Waals surface area contributed by atoms with E-state index in [4.69, 9.17) is 0 Å². The molecule has 0 atom stereocenters. The summed E-state index contributed by atoms with van der Waals surface area (Å²) in [5.74, 6) is 0.111. The summed E-state index contributed by atoms with van der Waals surface area (Å²) in [4.78, 5) is 3.66. The van der Waals surface area contributed by atoms with Gasteiger partial charge in [-0.3, -0.25) is 0 Å². The number of pyridine rings is 1. The maximum Gasteiger partial charge on any atom is 0.214 e. The zero-order chi connectivity index (χ0) is 9.68. The van der Waals surface area contributed by atoms with Gasteiger partial charge in [0.1, 0.15) is 5.82 Å². The maximum atomic E-state index is 12.6. The number of anilines is 1. The number of nitrogens with zero attached hydrogens (tertiary/aromatic N) is 1. The van der Waals surface area contributed by atoms with E-state index in [0.29, 0.717) is 12.4 Å². The quantitative estimate of drug-likeness (QED) is 0.571. The van der Waals surface area contributed by atoms with Crippen LogP contribution < -0.4 is 5.32 Å². The van der Waals surface area contributed by atoms with Gasteiger partial charge >= 0.3 is 0 Å². The van der Waals surface area contributed by atoms with Crippen molar-refractivity contribution in [1.29, 1.82) is 0 Å². The lowest BCUT2D eigenvalue weighted by Crippen LogP contribution is -2.01. The third-order valence-electron chi connectivity index (χ3n) is 1.51. The summed E-state index contributed by atoms with van der Waals surface area (Å²) < 4.78 is 12.6. The van der Waals surface area contributed by atoms with Crippen molar-refractivity contribution >= 4 is 5.82 Å². The van der Waals surface area contributed by atoms with Gasteiger partial charge in [0.25, 0.3) is 0 Å². The average Bonchev–Trinajstić information content (AvgIpc) is 2.03. The van der Waals surface area contributed by atoms with Crippen LogP contribution >= 0.6 is 0 Å². The van der Waals surface area contributed by atoms with Gasteiger partial charge in [-0.05, 0) is 26.0 Å². The number of allylic oxidation sites excluding steroid dienone is 1. The summed E-state index contributed by atoms with van der Waals surface area (Å²) in [5, 5.41) is 2.99. The molecular weight excluding hydrogens is 167 g/mol. The Morgan fingerprint density at radius 3 is 2.92 bits per heavy atom. The van der Waals surface area contributed by atoms with Gasteiger partial charge in [0.2, 0.25) is 5.95 Å². The van der Waals surface area contributed by atoms with Crippen LogP contribution in [0.1, 0.15) is 13.8 Å². The molecule has 2 nitrogen and oxygen atoms in total. The van der Waals surface area contributed by atoms with Gasteiger partial charge in [-0.25, -0.2) is 4.98 Å². The molecule has 1 aromatic heterocycles. The van der Waals surface area contributed by atoms with Crippen molar-refractivity contribution < 1.29 is 4.39 Å². The predicted molar refractivity (Wildman–Crippen MR) is 52.1 cm³/mol. The van der Waals surface area contributed by atoms with Crippen molar-refractivity contribution in [2.75, 3.05) is 11.9 Å². The second-order valence-electron chi connectivity index (χ2n) is 3.01.